The van der Waals surface area contributed by atoms with Crippen LogP contribution in [0.25, 0.3) is 6.08 Å². The van der Waals surface area contributed by atoms with Crippen molar-refractivity contribution in [1.82, 2.24) is 0 Å². The molecule has 0 spiro atoms. The van der Waals surface area contributed by atoms with Crippen molar-refractivity contribution in [3.8, 4) is 0 Å². The molecule has 0 amide bonds. The fraction of sp³-hybridized carbons (Fsp3) is 0.571. The summed E-state index contributed by atoms with van der Waals surface area (Å²) >= 11 is 0. The van der Waals surface area contributed by atoms with E-state index in [1.165, 1.54) is 24.6 Å². The topological polar surface area (TPSA) is 86.5 Å². The van der Waals surface area contributed by atoms with E-state index in [1.807, 2.05) is 6.08 Å². The number of carbonyl (C=O) groups is 2. The molecule has 180 valence electrons. The summed E-state index contributed by atoms with van der Waals surface area (Å²) in [6.45, 7) is 6.04. The molecule has 0 aliphatic heterocycles. The molecule has 4 aliphatic carbocycles. The number of nitrogens with zero attached hydrogens (tertiary/aromatic N) is 1. The summed E-state index contributed by atoms with van der Waals surface area (Å²) in [6.07, 6.45) is 10.8. The third kappa shape index (κ3) is 3.62. The number of ketones is 1. The lowest BCUT2D eigenvalue weighted by Gasteiger charge is -2.56. The number of hydrogen-bond acceptors (Lipinski definition) is 5. The second kappa shape index (κ2) is 8.17. The van der Waals surface area contributed by atoms with Crippen molar-refractivity contribution in [3.63, 3.8) is 0 Å². The number of fused-ring (bicyclic) bond motifs is 5. The Morgan fingerprint density at radius 2 is 1.79 bits per heavy atom. The molecule has 0 N–H and O–H groups in total. The van der Waals surface area contributed by atoms with Gasteiger partial charge in [-0.25, -0.2) is 0 Å². The summed E-state index contributed by atoms with van der Waals surface area (Å²) in [6, 6.07) is 6.45. The molecule has 34 heavy (non-hydrogen) atoms. The zero-order chi connectivity index (χ0) is 24.3. The average Bonchev–Trinajstić information content (AvgIpc) is 3.04. The Bertz CT molecular complexity index is 1100. The molecular weight excluding hydrogens is 430 g/mol. The van der Waals surface area contributed by atoms with Gasteiger partial charge in [0.1, 0.15) is 6.10 Å². The lowest BCUT2D eigenvalue weighted by atomic mass is 9.48. The van der Waals surface area contributed by atoms with Gasteiger partial charge in [-0.3, -0.25) is 19.7 Å². The highest BCUT2D eigenvalue weighted by Gasteiger charge is 2.60. The van der Waals surface area contributed by atoms with E-state index >= 15 is 0 Å². The Kier molecular flexibility index (Phi) is 5.53. The molecule has 6 nitrogen and oxygen atoms in total. The van der Waals surface area contributed by atoms with Gasteiger partial charge in [-0.2, -0.15) is 0 Å². The fourth-order valence-corrected chi connectivity index (χ4v) is 7.66. The Morgan fingerprint density at radius 1 is 1.09 bits per heavy atom. The molecule has 0 unspecified atom stereocenters. The van der Waals surface area contributed by atoms with Gasteiger partial charge in [0.05, 0.1) is 4.92 Å². The van der Waals surface area contributed by atoms with Gasteiger partial charge in [-0.05, 0) is 91.0 Å². The van der Waals surface area contributed by atoms with Crippen LogP contribution in [0.2, 0.25) is 0 Å². The van der Waals surface area contributed by atoms with Crippen LogP contribution in [0.3, 0.4) is 0 Å². The van der Waals surface area contributed by atoms with E-state index in [1.54, 1.807) is 12.1 Å². The van der Waals surface area contributed by atoms with Crippen molar-refractivity contribution in [2.75, 3.05) is 0 Å². The van der Waals surface area contributed by atoms with Crippen LogP contribution in [-0.4, -0.2) is 22.8 Å². The monoisotopic (exact) mass is 463 g/mol. The van der Waals surface area contributed by atoms with Crippen molar-refractivity contribution < 1.29 is 19.2 Å². The van der Waals surface area contributed by atoms with Crippen molar-refractivity contribution in [1.29, 1.82) is 0 Å². The molecule has 0 bridgehead atoms. The standard InChI is InChI=1S/C28H33NO5/c1-17(30)34-22-10-12-27(2)20(16-22)6-9-23-24(27)11-13-28(3)25(23)15-19(26(28)31)14-18-4-7-21(8-5-18)29(32)33/h4-8,14,22-25H,9-13,15-16H2,1-3H3/b19-14+/t22-,23+,24-,25-,27+,28-/m1/s1. The summed E-state index contributed by atoms with van der Waals surface area (Å²) in [5.41, 5.74) is 3.00. The molecular formula is C28H33NO5. The molecule has 0 radical (unpaired) electrons. The first-order valence-electron chi connectivity index (χ1n) is 12.5. The maximum Gasteiger partial charge on any atom is 0.302 e. The first-order valence-corrected chi connectivity index (χ1v) is 12.5. The second-order valence-electron chi connectivity index (χ2n) is 11.2. The molecule has 4 aliphatic rings. The van der Waals surface area contributed by atoms with E-state index in [0.29, 0.717) is 17.8 Å². The van der Waals surface area contributed by atoms with Crippen LogP contribution in [0, 0.1) is 38.7 Å². The second-order valence-corrected chi connectivity index (χ2v) is 11.2. The number of non-ortho nitro benzene ring substituents is 1. The van der Waals surface area contributed by atoms with E-state index in [9.17, 15) is 19.7 Å². The molecule has 3 fully saturated rings. The van der Waals surface area contributed by atoms with Gasteiger partial charge in [-0.15, -0.1) is 0 Å². The lowest BCUT2D eigenvalue weighted by Crippen LogP contribution is -2.50. The van der Waals surface area contributed by atoms with Crippen LogP contribution in [0.4, 0.5) is 5.69 Å². The quantitative estimate of drug-likeness (QED) is 0.179. The number of ether oxygens (including phenoxy) is 1. The van der Waals surface area contributed by atoms with E-state index in [4.69, 9.17) is 4.74 Å². The number of carbonyl (C=O) groups excluding carboxylic acids is 2. The van der Waals surface area contributed by atoms with Crippen LogP contribution >= 0.6 is 0 Å². The number of allylic oxidation sites excluding steroid dienone is 2. The van der Waals surface area contributed by atoms with Crippen molar-refractivity contribution >= 4 is 23.5 Å². The van der Waals surface area contributed by atoms with E-state index < -0.39 is 4.92 Å². The molecule has 1 aromatic rings. The zero-order valence-corrected chi connectivity index (χ0v) is 20.2. The van der Waals surface area contributed by atoms with Gasteiger partial charge in [0.2, 0.25) is 0 Å². The summed E-state index contributed by atoms with van der Waals surface area (Å²) < 4.78 is 5.54. The van der Waals surface area contributed by atoms with Crippen LogP contribution in [0.5, 0.6) is 0 Å². The fourth-order valence-electron chi connectivity index (χ4n) is 7.66. The number of rotatable bonds is 3. The molecule has 6 heteroatoms. The highest BCUT2D eigenvalue weighted by atomic mass is 16.6. The van der Waals surface area contributed by atoms with Crippen LogP contribution in [-0.2, 0) is 14.3 Å². The highest BCUT2D eigenvalue weighted by molar-refractivity contribution is 6.06. The predicted molar refractivity (Wildman–Crippen MR) is 129 cm³/mol. The Hall–Kier alpha value is -2.76. The number of nitro groups is 1. The predicted octanol–water partition coefficient (Wildman–Crippen LogP) is 6.05. The number of nitro benzene ring substituents is 1. The normalized spacial score (nSPS) is 37.9. The molecule has 1 aromatic carbocycles. The molecule has 5 rings (SSSR count). The largest absolute Gasteiger partial charge is 0.462 e. The van der Waals surface area contributed by atoms with Gasteiger partial charge in [0.25, 0.3) is 5.69 Å². The van der Waals surface area contributed by atoms with Crippen molar-refractivity contribution in [2.45, 2.75) is 71.8 Å². The van der Waals surface area contributed by atoms with Gasteiger partial charge in [-0.1, -0.05) is 25.5 Å². The smallest absolute Gasteiger partial charge is 0.302 e. The minimum Gasteiger partial charge on any atom is -0.462 e. The first-order chi connectivity index (χ1) is 16.1. The van der Waals surface area contributed by atoms with Crippen molar-refractivity contribution in [3.05, 3.63) is 57.2 Å². The molecule has 3 saturated carbocycles. The summed E-state index contributed by atoms with van der Waals surface area (Å²) in [5, 5.41) is 11.0. The van der Waals surface area contributed by atoms with E-state index in [-0.39, 0.29) is 34.4 Å². The maximum atomic E-state index is 13.6. The minimum absolute atomic E-state index is 0.00785. The highest BCUT2D eigenvalue weighted by Crippen LogP contribution is 2.64. The van der Waals surface area contributed by atoms with E-state index in [2.05, 4.69) is 19.9 Å². The third-order valence-electron chi connectivity index (χ3n) is 9.48. The molecule has 0 saturated heterocycles. The zero-order valence-electron chi connectivity index (χ0n) is 20.2. The summed E-state index contributed by atoms with van der Waals surface area (Å²) in [7, 11) is 0. The number of esters is 1. The Morgan fingerprint density at radius 3 is 2.47 bits per heavy atom. The van der Waals surface area contributed by atoms with Gasteiger partial charge in [0, 0.05) is 30.9 Å². The Labute approximate surface area is 200 Å². The maximum absolute atomic E-state index is 13.6. The number of benzene rings is 1. The van der Waals surface area contributed by atoms with Gasteiger partial charge >= 0.3 is 5.97 Å². The Balaban J connectivity index is 1.40. The SMILES string of the molecule is CC(=O)O[C@@H]1CC[C@@]2(C)C(=CC[C@@H]3[C@H]4C/C(=C\c5ccc([N+](=O)[O-])cc5)C(=O)[C@]4(C)CC[C@H]32)C1. The van der Waals surface area contributed by atoms with Crippen LogP contribution in [0.1, 0.15) is 71.3 Å². The first kappa shape index (κ1) is 23.0. The molecule has 6 atom stereocenters. The van der Waals surface area contributed by atoms with Crippen molar-refractivity contribution in [2.24, 2.45) is 28.6 Å². The van der Waals surface area contributed by atoms with Crippen LogP contribution < -0.4 is 0 Å². The average molecular weight is 464 g/mol. The van der Waals surface area contributed by atoms with Gasteiger partial charge in [0.15, 0.2) is 5.78 Å². The molecule has 0 aromatic heterocycles. The lowest BCUT2D eigenvalue weighted by molar-refractivity contribution is -0.384. The minimum atomic E-state index is -0.404. The third-order valence-corrected chi connectivity index (χ3v) is 9.48. The summed E-state index contributed by atoms with van der Waals surface area (Å²) in [5.74, 6) is 1.41. The molecule has 0 heterocycles. The van der Waals surface area contributed by atoms with E-state index in [0.717, 1.165) is 56.1 Å². The van der Waals surface area contributed by atoms with Crippen LogP contribution in [0.15, 0.2) is 41.5 Å². The number of Topliss-reactive ketones (excluding diaryl/α,β-unsaturated/α-hetero) is 1. The summed E-state index contributed by atoms with van der Waals surface area (Å²) in [4.78, 5) is 35.6. The number of hydrogen-bond donors (Lipinski definition) is 0. The van der Waals surface area contributed by atoms with Gasteiger partial charge < -0.3 is 4.74 Å².